The number of rotatable bonds is 4. The van der Waals surface area contributed by atoms with Crippen molar-refractivity contribution in [3.63, 3.8) is 0 Å². The summed E-state index contributed by atoms with van der Waals surface area (Å²) in [6, 6.07) is 6.55. The van der Waals surface area contributed by atoms with Crippen molar-refractivity contribution in [2.45, 2.75) is 32.9 Å². The first-order valence-electron chi connectivity index (χ1n) is 5.28. The molecule has 0 saturated heterocycles. The SMILES string of the molecule is CCC(C)N(C)Cc1cc(N)ccc1Br. The highest BCUT2D eigenvalue weighted by Gasteiger charge is 2.09. The molecule has 0 aromatic heterocycles. The van der Waals surface area contributed by atoms with E-state index in [0.29, 0.717) is 6.04 Å². The Morgan fingerprint density at radius 3 is 2.73 bits per heavy atom. The number of hydrogen-bond acceptors (Lipinski definition) is 2. The molecule has 1 unspecified atom stereocenters. The zero-order chi connectivity index (χ0) is 11.4. The summed E-state index contributed by atoms with van der Waals surface area (Å²) < 4.78 is 1.13. The van der Waals surface area contributed by atoms with Gasteiger partial charge in [0.05, 0.1) is 0 Å². The molecule has 0 aliphatic carbocycles. The van der Waals surface area contributed by atoms with Crippen LogP contribution in [0.3, 0.4) is 0 Å². The average molecular weight is 271 g/mol. The largest absolute Gasteiger partial charge is 0.399 e. The van der Waals surface area contributed by atoms with Gasteiger partial charge in [0.2, 0.25) is 0 Å². The fourth-order valence-corrected chi connectivity index (χ4v) is 1.82. The van der Waals surface area contributed by atoms with Crippen LogP contribution in [0.1, 0.15) is 25.8 Å². The van der Waals surface area contributed by atoms with Gasteiger partial charge in [-0.15, -0.1) is 0 Å². The molecule has 3 heteroatoms. The van der Waals surface area contributed by atoms with Crippen molar-refractivity contribution < 1.29 is 0 Å². The van der Waals surface area contributed by atoms with Crippen LogP contribution in [0.4, 0.5) is 5.69 Å². The van der Waals surface area contributed by atoms with Gasteiger partial charge in [-0.3, -0.25) is 4.90 Å². The fourth-order valence-electron chi connectivity index (χ4n) is 1.45. The van der Waals surface area contributed by atoms with E-state index in [1.54, 1.807) is 0 Å². The first-order valence-corrected chi connectivity index (χ1v) is 6.08. The molecule has 0 heterocycles. The second kappa shape index (κ2) is 5.52. The molecule has 84 valence electrons. The Balaban J connectivity index is 2.75. The van der Waals surface area contributed by atoms with Crippen molar-refractivity contribution in [1.82, 2.24) is 4.90 Å². The van der Waals surface area contributed by atoms with Gasteiger partial charge in [0.1, 0.15) is 0 Å². The van der Waals surface area contributed by atoms with Gasteiger partial charge in [-0.25, -0.2) is 0 Å². The molecule has 1 aromatic carbocycles. The van der Waals surface area contributed by atoms with Crippen LogP contribution in [-0.2, 0) is 6.54 Å². The Labute approximate surface area is 101 Å². The van der Waals surface area contributed by atoms with Crippen LogP contribution >= 0.6 is 15.9 Å². The number of anilines is 1. The minimum absolute atomic E-state index is 0.596. The third-order valence-electron chi connectivity index (χ3n) is 2.83. The van der Waals surface area contributed by atoms with Gasteiger partial charge < -0.3 is 5.73 Å². The van der Waals surface area contributed by atoms with Crippen LogP contribution in [0.25, 0.3) is 0 Å². The number of halogens is 1. The second-order valence-corrected chi connectivity index (χ2v) is 4.88. The molecule has 0 bridgehead atoms. The van der Waals surface area contributed by atoms with Gasteiger partial charge in [0.25, 0.3) is 0 Å². The molecule has 0 fully saturated rings. The topological polar surface area (TPSA) is 29.3 Å². The second-order valence-electron chi connectivity index (χ2n) is 4.02. The molecule has 0 aliphatic rings. The van der Waals surface area contributed by atoms with E-state index in [1.807, 2.05) is 18.2 Å². The Morgan fingerprint density at radius 1 is 1.47 bits per heavy atom. The van der Waals surface area contributed by atoms with Crippen molar-refractivity contribution in [3.8, 4) is 0 Å². The lowest BCUT2D eigenvalue weighted by Crippen LogP contribution is -2.27. The lowest BCUT2D eigenvalue weighted by atomic mass is 10.1. The van der Waals surface area contributed by atoms with Crippen LogP contribution < -0.4 is 5.73 Å². The highest BCUT2D eigenvalue weighted by Crippen LogP contribution is 2.21. The van der Waals surface area contributed by atoms with Gasteiger partial charge in [-0.05, 0) is 44.2 Å². The van der Waals surface area contributed by atoms with Crippen molar-refractivity contribution >= 4 is 21.6 Å². The zero-order valence-electron chi connectivity index (χ0n) is 9.63. The van der Waals surface area contributed by atoms with Gasteiger partial charge in [-0.1, -0.05) is 22.9 Å². The molecular weight excluding hydrogens is 252 g/mol. The summed E-state index contributed by atoms with van der Waals surface area (Å²) in [4.78, 5) is 2.33. The van der Waals surface area contributed by atoms with Crippen molar-refractivity contribution in [1.29, 1.82) is 0 Å². The first kappa shape index (κ1) is 12.5. The molecule has 15 heavy (non-hydrogen) atoms. The minimum atomic E-state index is 0.596. The van der Waals surface area contributed by atoms with Crippen LogP contribution in [0.2, 0.25) is 0 Å². The smallest absolute Gasteiger partial charge is 0.0318 e. The number of nitrogen functional groups attached to an aromatic ring is 1. The molecule has 2 nitrogen and oxygen atoms in total. The summed E-state index contributed by atoms with van der Waals surface area (Å²) in [7, 11) is 2.14. The van der Waals surface area contributed by atoms with Gasteiger partial charge in [-0.2, -0.15) is 0 Å². The summed E-state index contributed by atoms with van der Waals surface area (Å²) in [6.07, 6.45) is 1.16. The third kappa shape index (κ3) is 3.50. The Hall–Kier alpha value is -0.540. The van der Waals surface area contributed by atoms with E-state index in [2.05, 4.69) is 41.7 Å². The third-order valence-corrected chi connectivity index (χ3v) is 3.61. The first-order chi connectivity index (χ1) is 7.04. The van der Waals surface area contributed by atoms with Crippen molar-refractivity contribution in [2.24, 2.45) is 0 Å². The highest BCUT2D eigenvalue weighted by molar-refractivity contribution is 9.10. The van der Waals surface area contributed by atoms with Gasteiger partial charge in [0.15, 0.2) is 0 Å². The molecule has 0 saturated carbocycles. The predicted octanol–water partition coefficient (Wildman–Crippen LogP) is 3.26. The lowest BCUT2D eigenvalue weighted by Gasteiger charge is -2.24. The highest BCUT2D eigenvalue weighted by atomic mass is 79.9. The number of nitrogens with two attached hydrogens (primary N) is 1. The van der Waals surface area contributed by atoms with E-state index in [4.69, 9.17) is 5.73 Å². The average Bonchev–Trinajstić information content (AvgIpc) is 2.22. The van der Waals surface area contributed by atoms with E-state index in [1.165, 1.54) is 5.56 Å². The minimum Gasteiger partial charge on any atom is -0.399 e. The Morgan fingerprint density at radius 2 is 2.13 bits per heavy atom. The molecule has 1 atom stereocenters. The fraction of sp³-hybridized carbons (Fsp3) is 0.500. The molecule has 0 amide bonds. The maximum Gasteiger partial charge on any atom is 0.0318 e. The lowest BCUT2D eigenvalue weighted by molar-refractivity contribution is 0.243. The molecular formula is C12H19BrN2. The zero-order valence-corrected chi connectivity index (χ0v) is 11.2. The number of nitrogens with zero attached hydrogens (tertiary/aromatic N) is 1. The summed E-state index contributed by atoms with van der Waals surface area (Å²) in [5.74, 6) is 0. The van der Waals surface area contributed by atoms with Crippen molar-refractivity contribution in [2.75, 3.05) is 12.8 Å². The normalized spacial score (nSPS) is 13.1. The molecule has 1 aromatic rings. The summed E-state index contributed by atoms with van der Waals surface area (Å²) in [5, 5.41) is 0. The van der Waals surface area contributed by atoms with E-state index >= 15 is 0 Å². The van der Waals surface area contributed by atoms with Crippen LogP contribution in [0.5, 0.6) is 0 Å². The molecule has 1 rings (SSSR count). The summed E-state index contributed by atoms with van der Waals surface area (Å²) >= 11 is 3.55. The van der Waals surface area contributed by atoms with Crippen molar-refractivity contribution in [3.05, 3.63) is 28.2 Å². The predicted molar refractivity (Wildman–Crippen MR) is 69.8 cm³/mol. The van der Waals surface area contributed by atoms with Gasteiger partial charge in [0, 0.05) is 22.7 Å². The maximum atomic E-state index is 5.77. The molecule has 0 aliphatic heterocycles. The van der Waals surface area contributed by atoms with E-state index < -0.39 is 0 Å². The molecule has 2 N–H and O–H groups in total. The summed E-state index contributed by atoms with van der Waals surface area (Å²) in [6.45, 7) is 5.37. The molecule has 0 radical (unpaired) electrons. The maximum absolute atomic E-state index is 5.77. The summed E-state index contributed by atoms with van der Waals surface area (Å²) in [5.41, 5.74) is 7.85. The van der Waals surface area contributed by atoms with Crippen LogP contribution in [0.15, 0.2) is 22.7 Å². The monoisotopic (exact) mass is 270 g/mol. The quantitative estimate of drug-likeness (QED) is 0.852. The molecule has 0 spiro atoms. The standard InChI is InChI=1S/C12H19BrN2/c1-4-9(2)15(3)8-10-7-11(14)5-6-12(10)13/h5-7,9H,4,8,14H2,1-3H3. The van der Waals surface area contributed by atoms with Crippen LogP contribution in [-0.4, -0.2) is 18.0 Å². The van der Waals surface area contributed by atoms with E-state index in [9.17, 15) is 0 Å². The number of benzene rings is 1. The Kier molecular flexibility index (Phi) is 4.61. The van der Waals surface area contributed by atoms with Crippen LogP contribution in [0, 0.1) is 0 Å². The van der Waals surface area contributed by atoms with E-state index in [-0.39, 0.29) is 0 Å². The van der Waals surface area contributed by atoms with E-state index in [0.717, 1.165) is 23.1 Å². The van der Waals surface area contributed by atoms with Gasteiger partial charge >= 0.3 is 0 Å². The Bertz CT molecular complexity index is 325. The number of hydrogen-bond donors (Lipinski definition) is 1.